The molecular weight excluding hydrogens is 184 g/mol. The number of likely N-dealkylation sites (N-methyl/N-ethyl adjacent to an activating group) is 1. The van der Waals surface area contributed by atoms with Crippen LogP contribution in [0.1, 0.15) is 5.69 Å². The van der Waals surface area contributed by atoms with E-state index < -0.39 is 0 Å². The van der Waals surface area contributed by atoms with Gasteiger partial charge in [0.25, 0.3) is 0 Å². The van der Waals surface area contributed by atoms with Crippen LogP contribution in [-0.2, 0) is 6.42 Å². The zero-order valence-corrected chi connectivity index (χ0v) is 9.27. The van der Waals surface area contributed by atoms with Crippen LogP contribution in [0, 0.1) is 0 Å². The summed E-state index contributed by atoms with van der Waals surface area (Å²) in [6.07, 6.45) is 1.01. The van der Waals surface area contributed by atoms with Crippen molar-refractivity contribution in [2.45, 2.75) is 6.42 Å². The molecular formula is C13H16N2. The van der Waals surface area contributed by atoms with E-state index >= 15 is 0 Å². The molecule has 1 aromatic carbocycles. The van der Waals surface area contributed by atoms with Gasteiger partial charge in [0.1, 0.15) is 0 Å². The van der Waals surface area contributed by atoms with Crippen LogP contribution in [0.5, 0.6) is 0 Å². The Bertz CT molecular complexity index is 449. The van der Waals surface area contributed by atoms with E-state index in [1.165, 1.54) is 11.1 Å². The number of hydrogen-bond donors (Lipinski definition) is 0. The smallest absolute Gasteiger partial charge is 0.0705 e. The number of nitrogens with zero attached hydrogens (tertiary/aromatic N) is 2. The van der Waals surface area contributed by atoms with E-state index in [0.717, 1.165) is 18.5 Å². The van der Waals surface area contributed by atoms with Crippen molar-refractivity contribution in [3.8, 4) is 0 Å². The Morgan fingerprint density at radius 2 is 1.87 bits per heavy atom. The van der Waals surface area contributed by atoms with Gasteiger partial charge in [-0.25, -0.2) is 0 Å². The molecule has 0 saturated carbocycles. The van der Waals surface area contributed by atoms with Gasteiger partial charge in [0.15, 0.2) is 0 Å². The lowest BCUT2D eigenvalue weighted by Gasteiger charge is -2.08. The molecule has 0 spiro atoms. The topological polar surface area (TPSA) is 16.1 Å². The molecule has 0 aliphatic rings. The van der Waals surface area contributed by atoms with Crippen molar-refractivity contribution in [1.29, 1.82) is 0 Å². The Balaban J connectivity index is 2.23. The number of rotatable bonds is 3. The summed E-state index contributed by atoms with van der Waals surface area (Å²) < 4.78 is 0. The monoisotopic (exact) mass is 200 g/mol. The second-order valence-corrected chi connectivity index (χ2v) is 4.05. The SMILES string of the molecule is CN(C)CCc1ccc2ccccc2n1. The molecule has 0 aliphatic carbocycles. The molecule has 2 aromatic rings. The average molecular weight is 200 g/mol. The lowest BCUT2D eigenvalue weighted by Crippen LogP contribution is -2.15. The lowest BCUT2D eigenvalue weighted by molar-refractivity contribution is 0.412. The Morgan fingerprint density at radius 3 is 2.67 bits per heavy atom. The van der Waals surface area contributed by atoms with Crippen molar-refractivity contribution < 1.29 is 0 Å². The molecule has 0 fully saturated rings. The molecule has 0 atom stereocenters. The third-order valence-corrected chi connectivity index (χ3v) is 2.47. The van der Waals surface area contributed by atoms with E-state index in [4.69, 9.17) is 0 Å². The lowest BCUT2D eigenvalue weighted by atomic mass is 10.2. The predicted octanol–water partition coefficient (Wildman–Crippen LogP) is 2.34. The third kappa shape index (κ3) is 2.54. The molecule has 0 amide bonds. The summed E-state index contributed by atoms with van der Waals surface area (Å²) in [6, 6.07) is 12.5. The second-order valence-electron chi connectivity index (χ2n) is 4.05. The van der Waals surface area contributed by atoms with Crippen molar-refractivity contribution in [2.24, 2.45) is 0 Å². The molecule has 0 N–H and O–H groups in total. The Kier molecular flexibility index (Phi) is 2.97. The van der Waals surface area contributed by atoms with E-state index in [1.807, 2.05) is 12.1 Å². The minimum Gasteiger partial charge on any atom is -0.309 e. The number of aromatic nitrogens is 1. The highest BCUT2D eigenvalue weighted by atomic mass is 15.0. The van der Waals surface area contributed by atoms with Gasteiger partial charge in [0.2, 0.25) is 0 Å². The highest BCUT2D eigenvalue weighted by Gasteiger charge is 1.98. The largest absolute Gasteiger partial charge is 0.309 e. The standard InChI is InChI=1S/C13H16N2/c1-15(2)10-9-12-8-7-11-5-3-4-6-13(11)14-12/h3-8H,9-10H2,1-2H3. The molecule has 1 heterocycles. The Labute approximate surface area is 90.6 Å². The first-order valence-electron chi connectivity index (χ1n) is 5.25. The maximum absolute atomic E-state index is 4.62. The number of hydrogen-bond acceptors (Lipinski definition) is 2. The van der Waals surface area contributed by atoms with Crippen LogP contribution in [-0.4, -0.2) is 30.5 Å². The summed E-state index contributed by atoms with van der Waals surface area (Å²) >= 11 is 0. The molecule has 0 radical (unpaired) electrons. The van der Waals surface area contributed by atoms with Crippen molar-refractivity contribution in [3.63, 3.8) is 0 Å². The maximum Gasteiger partial charge on any atom is 0.0705 e. The molecule has 78 valence electrons. The van der Waals surface area contributed by atoms with Crippen LogP contribution < -0.4 is 0 Å². The molecule has 2 rings (SSSR count). The van der Waals surface area contributed by atoms with Gasteiger partial charge in [-0.05, 0) is 26.2 Å². The van der Waals surface area contributed by atoms with Crippen LogP contribution >= 0.6 is 0 Å². The fourth-order valence-corrected chi connectivity index (χ4v) is 1.59. The van der Waals surface area contributed by atoms with E-state index in [1.54, 1.807) is 0 Å². The molecule has 2 nitrogen and oxygen atoms in total. The highest BCUT2D eigenvalue weighted by molar-refractivity contribution is 5.78. The fourth-order valence-electron chi connectivity index (χ4n) is 1.59. The third-order valence-electron chi connectivity index (χ3n) is 2.47. The fraction of sp³-hybridized carbons (Fsp3) is 0.308. The van der Waals surface area contributed by atoms with Gasteiger partial charge in [-0.15, -0.1) is 0 Å². The van der Waals surface area contributed by atoms with Gasteiger partial charge in [-0.3, -0.25) is 4.98 Å². The number of benzene rings is 1. The van der Waals surface area contributed by atoms with E-state index in [9.17, 15) is 0 Å². The van der Waals surface area contributed by atoms with Crippen LogP contribution in [0.4, 0.5) is 0 Å². The summed E-state index contributed by atoms with van der Waals surface area (Å²) in [7, 11) is 4.17. The minimum atomic E-state index is 1.01. The summed E-state index contributed by atoms with van der Waals surface area (Å²) in [5.74, 6) is 0. The summed E-state index contributed by atoms with van der Waals surface area (Å²) in [6.45, 7) is 1.05. The number of fused-ring (bicyclic) bond motifs is 1. The number of para-hydroxylation sites is 1. The molecule has 2 heteroatoms. The minimum absolute atomic E-state index is 1.01. The van der Waals surface area contributed by atoms with Crippen molar-refractivity contribution in [2.75, 3.05) is 20.6 Å². The van der Waals surface area contributed by atoms with Gasteiger partial charge >= 0.3 is 0 Å². The quantitative estimate of drug-likeness (QED) is 0.756. The zero-order chi connectivity index (χ0) is 10.7. The van der Waals surface area contributed by atoms with Crippen LogP contribution in [0.3, 0.4) is 0 Å². The molecule has 1 aromatic heterocycles. The first-order chi connectivity index (χ1) is 7.25. The first kappa shape index (κ1) is 10.1. The molecule has 0 aliphatic heterocycles. The molecule has 0 saturated heterocycles. The summed E-state index contributed by atoms with van der Waals surface area (Å²) in [4.78, 5) is 6.80. The molecule has 15 heavy (non-hydrogen) atoms. The van der Waals surface area contributed by atoms with Gasteiger partial charge in [0, 0.05) is 24.0 Å². The molecule has 0 bridgehead atoms. The summed E-state index contributed by atoms with van der Waals surface area (Å²) in [5.41, 5.74) is 2.26. The van der Waals surface area contributed by atoms with E-state index in [0.29, 0.717) is 0 Å². The van der Waals surface area contributed by atoms with E-state index in [-0.39, 0.29) is 0 Å². The number of pyridine rings is 1. The van der Waals surface area contributed by atoms with Crippen molar-refractivity contribution in [1.82, 2.24) is 9.88 Å². The second kappa shape index (κ2) is 4.41. The van der Waals surface area contributed by atoms with Crippen LogP contribution in [0.25, 0.3) is 10.9 Å². The Hall–Kier alpha value is -1.41. The maximum atomic E-state index is 4.62. The van der Waals surface area contributed by atoms with Crippen molar-refractivity contribution in [3.05, 3.63) is 42.1 Å². The normalized spacial score (nSPS) is 11.1. The molecule has 0 unspecified atom stereocenters. The Morgan fingerprint density at radius 1 is 1.07 bits per heavy atom. The zero-order valence-electron chi connectivity index (χ0n) is 9.27. The van der Waals surface area contributed by atoms with Gasteiger partial charge in [-0.2, -0.15) is 0 Å². The van der Waals surface area contributed by atoms with Crippen LogP contribution in [0.2, 0.25) is 0 Å². The highest BCUT2D eigenvalue weighted by Crippen LogP contribution is 2.11. The van der Waals surface area contributed by atoms with Gasteiger partial charge in [0.05, 0.1) is 5.52 Å². The van der Waals surface area contributed by atoms with E-state index in [2.05, 4.69) is 48.2 Å². The van der Waals surface area contributed by atoms with Crippen LogP contribution in [0.15, 0.2) is 36.4 Å². The summed E-state index contributed by atoms with van der Waals surface area (Å²) in [5, 5.41) is 1.21. The van der Waals surface area contributed by atoms with Crippen molar-refractivity contribution >= 4 is 10.9 Å². The average Bonchev–Trinajstić information content (AvgIpc) is 2.26. The first-order valence-corrected chi connectivity index (χ1v) is 5.25. The predicted molar refractivity (Wildman–Crippen MR) is 64.0 cm³/mol. The van der Waals surface area contributed by atoms with Gasteiger partial charge < -0.3 is 4.90 Å². The van der Waals surface area contributed by atoms with Gasteiger partial charge in [-0.1, -0.05) is 24.3 Å².